The van der Waals surface area contributed by atoms with Gasteiger partial charge in [0, 0.05) is 13.1 Å². The standard InChI is InChI=1S/C16H20N6/c1-3-21(15-11-7-5-8-12-15)19-17-18-20-22(4-2)16-13-9-6-10-14-16/h5-14H,3-4H2,1-2H3. The minimum Gasteiger partial charge on any atom is -0.246 e. The van der Waals surface area contributed by atoms with Crippen LogP contribution in [0.5, 0.6) is 0 Å². The Morgan fingerprint density at radius 3 is 1.32 bits per heavy atom. The van der Waals surface area contributed by atoms with E-state index in [1.54, 1.807) is 10.0 Å². The molecule has 0 aliphatic carbocycles. The molecule has 0 aliphatic heterocycles. The van der Waals surface area contributed by atoms with Crippen LogP contribution in [-0.2, 0) is 0 Å². The molecule has 0 atom stereocenters. The fourth-order valence-electron chi connectivity index (χ4n) is 1.93. The Bertz CT molecular complexity index is 541. The van der Waals surface area contributed by atoms with E-state index < -0.39 is 0 Å². The van der Waals surface area contributed by atoms with Crippen molar-refractivity contribution in [1.29, 1.82) is 0 Å². The van der Waals surface area contributed by atoms with Crippen molar-refractivity contribution in [2.24, 2.45) is 20.9 Å². The fourth-order valence-corrected chi connectivity index (χ4v) is 1.93. The molecule has 0 unspecified atom stereocenters. The molecule has 0 saturated heterocycles. The highest BCUT2D eigenvalue weighted by Gasteiger charge is 2.02. The van der Waals surface area contributed by atoms with Crippen molar-refractivity contribution in [3.05, 3.63) is 60.7 Å². The molecular weight excluding hydrogens is 276 g/mol. The van der Waals surface area contributed by atoms with Crippen molar-refractivity contribution in [2.45, 2.75) is 13.8 Å². The molecule has 0 spiro atoms. The molecule has 2 aromatic rings. The van der Waals surface area contributed by atoms with Crippen LogP contribution in [0.1, 0.15) is 13.8 Å². The van der Waals surface area contributed by atoms with Gasteiger partial charge in [-0.2, -0.15) is 0 Å². The molecule has 0 N–H and O–H groups in total. The number of hydrogen-bond donors (Lipinski definition) is 0. The Hall–Kier alpha value is -2.76. The third-order valence-electron chi connectivity index (χ3n) is 3.04. The van der Waals surface area contributed by atoms with E-state index in [1.165, 1.54) is 0 Å². The van der Waals surface area contributed by atoms with Gasteiger partial charge in [-0.15, -0.1) is 0 Å². The molecule has 0 fully saturated rings. The van der Waals surface area contributed by atoms with Gasteiger partial charge in [-0.05, 0) is 59.0 Å². The predicted molar refractivity (Wildman–Crippen MR) is 88.6 cm³/mol. The van der Waals surface area contributed by atoms with Crippen molar-refractivity contribution in [3.63, 3.8) is 0 Å². The highest BCUT2D eigenvalue weighted by Crippen LogP contribution is 2.15. The minimum atomic E-state index is 0.708. The smallest absolute Gasteiger partial charge is 0.0611 e. The van der Waals surface area contributed by atoms with Crippen LogP contribution in [0.15, 0.2) is 81.6 Å². The summed E-state index contributed by atoms with van der Waals surface area (Å²) in [6, 6.07) is 19.7. The van der Waals surface area contributed by atoms with Crippen molar-refractivity contribution in [3.8, 4) is 0 Å². The maximum Gasteiger partial charge on any atom is 0.0611 e. The van der Waals surface area contributed by atoms with E-state index in [1.807, 2.05) is 74.5 Å². The van der Waals surface area contributed by atoms with Gasteiger partial charge in [0.1, 0.15) is 0 Å². The summed E-state index contributed by atoms with van der Waals surface area (Å²) >= 11 is 0. The summed E-state index contributed by atoms with van der Waals surface area (Å²) in [5.41, 5.74) is 1.94. The lowest BCUT2D eigenvalue weighted by atomic mass is 10.3. The average molecular weight is 296 g/mol. The molecule has 0 aromatic heterocycles. The molecule has 0 bridgehead atoms. The summed E-state index contributed by atoms with van der Waals surface area (Å²) in [5.74, 6) is 0. The van der Waals surface area contributed by atoms with Crippen LogP contribution in [0.4, 0.5) is 11.4 Å². The molecule has 6 nitrogen and oxygen atoms in total. The van der Waals surface area contributed by atoms with Gasteiger partial charge in [-0.3, -0.25) is 0 Å². The van der Waals surface area contributed by atoms with E-state index in [2.05, 4.69) is 20.9 Å². The number of nitrogens with zero attached hydrogens (tertiary/aromatic N) is 6. The number of benzene rings is 2. The quantitative estimate of drug-likeness (QED) is 0.550. The number of hydrogen-bond acceptors (Lipinski definition) is 2. The molecule has 0 aliphatic rings. The largest absolute Gasteiger partial charge is 0.246 e. The molecule has 2 aromatic carbocycles. The first kappa shape index (κ1) is 15.6. The topological polar surface area (TPSA) is 55.9 Å². The van der Waals surface area contributed by atoms with E-state index in [9.17, 15) is 0 Å². The Balaban J connectivity index is 2.00. The van der Waals surface area contributed by atoms with E-state index in [0.717, 1.165) is 11.4 Å². The molecule has 0 heterocycles. The zero-order valence-electron chi connectivity index (χ0n) is 12.9. The SMILES string of the molecule is CCN(N=NN=NN(CC)c1ccccc1)c1ccccc1. The lowest BCUT2D eigenvalue weighted by Crippen LogP contribution is -2.14. The maximum absolute atomic E-state index is 4.08. The van der Waals surface area contributed by atoms with Crippen LogP contribution in [-0.4, -0.2) is 13.1 Å². The van der Waals surface area contributed by atoms with Gasteiger partial charge in [0.25, 0.3) is 0 Å². The summed E-state index contributed by atoms with van der Waals surface area (Å²) in [6.07, 6.45) is 0. The number of para-hydroxylation sites is 2. The van der Waals surface area contributed by atoms with Gasteiger partial charge in [0.05, 0.1) is 11.4 Å². The number of rotatable bonds is 7. The first-order valence-electron chi connectivity index (χ1n) is 7.32. The van der Waals surface area contributed by atoms with Crippen LogP contribution in [0, 0.1) is 0 Å². The Morgan fingerprint density at radius 1 is 0.636 bits per heavy atom. The zero-order chi connectivity index (χ0) is 15.6. The Morgan fingerprint density at radius 2 is 1.00 bits per heavy atom. The van der Waals surface area contributed by atoms with Gasteiger partial charge in [-0.25, -0.2) is 10.0 Å². The molecular formula is C16H20N6. The molecule has 6 heteroatoms. The van der Waals surface area contributed by atoms with E-state index in [4.69, 9.17) is 0 Å². The van der Waals surface area contributed by atoms with Crippen LogP contribution in [0.2, 0.25) is 0 Å². The Labute approximate surface area is 130 Å². The lowest BCUT2D eigenvalue weighted by Gasteiger charge is -2.15. The van der Waals surface area contributed by atoms with Gasteiger partial charge in [-0.1, -0.05) is 36.4 Å². The maximum atomic E-state index is 4.08. The molecule has 0 saturated carbocycles. The van der Waals surface area contributed by atoms with Crippen molar-refractivity contribution >= 4 is 11.4 Å². The van der Waals surface area contributed by atoms with Crippen molar-refractivity contribution in [2.75, 3.05) is 23.1 Å². The normalized spacial score (nSPS) is 11.2. The predicted octanol–water partition coefficient (Wildman–Crippen LogP) is 4.69. The summed E-state index contributed by atoms with van der Waals surface area (Å²) in [5, 5.41) is 19.3. The van der Waals surface area contributed by atoms with E-state index >= 15 is 0 Å². The summed E-state index contributed by atoms with van der Waals surface area (Å²) in [7, 11) is 0. The zero-order valence-corrected chi connectivity index (χ0v) is 12.9. The second kappa shape index (κ2) is 8.51. The molecule has 0 amide bonds. The second-order valence-corrected chi connectivity index (χ2v) is 4.46. The number of anilines is 2. The summed E-state index contributed by atoms with van der Waals surface area (Å²) in [6.45, 7) is 5.43. The highest BCUT2D eigenvalue weighted by atomic mass is 15.7. The molecule has 22 heavy (non-hydrogen) atoms. The first-order valence-corrected chi connectivity index (χ1v) is 7.32. The van der Waals surface area contributed by atoms with Crippen molar-refractivity contribution in [1.82, 2.24) is 0 Å². The van der Waals surface area contributed by atoms with Gasteiger partial charge in [0.2, 0.25) is 0 Å². The molecule has 0 radical (unpaired) electrons. The molecule has 2 rings (SSSR count). The fraction of sp³-hybridized carbons (Fsp3) is 0.250. The lowest BCUT2D eigenvalue weighted by molar-refractivity contribution is 0.737. The highest BCUT2D eigenvalue weighted by molar-refractivity contribution is 5.45. The monoisotopic (exact) mass is 296 g/mol. The van der Waals surface area contributed by atoms with Crippen molar-refractivity contribution < 1.29 is 0 Å². The van der Waals surface area contributed by atoms with Crippen LogP contribution >= 0.6 is 0 Å². The van der Waals surface area contributed by atoms with Crippen LogP contribution in [0.3, 0.4) is 0 Å². The van der Waals surface area contributed by atoms with Gasteiger partial charge in [0.15, 0.2) is 0 Å². The van der Waals surface area contributed by atoms with Gasteiger partial charge < -0.3 is 0 Å². The molecule has 114 valence electrons. The second-order valence-electron chi connectivity index (χ2n) is 4.46. The minimum absolute atomic E-state index is 0.708. The summed E-state index contributed by atoms with van der Waals surface area (Å²) < 4.78 is 0. The summed E-state index contributed by atoms with van der Waals surface area (Å²) in [4.78, 5) is 0. The third-order valence-corrected chi connectivity index (χ3v) is 3.04. The van der Waals surface area contributed by atoms with Crippen LogP contribution in [0.25, 0.3) is 0 Å². The third kappa shape index (κ3) is 4.37. The average Bonchev–Trinajstić information content (AvgIpc) is 2.60. The van der Waals surface area contributed by atoms with Gasteiger partial charge >= 0.3 is 0 Å². The van der Waals surface area contributed by atoms with E-state index in [0.29, 0.717) is 13.1 Å². The van der Waals surface area contributed by atoms with Crippen LogP contribution < -0.4 is 10.0 Å². The Kier molecular flexibility index (Phi) is 6.04. The first-order chi connectivity index (χ1) is 10.8. The van der Waals surface area contributed by atoms with E-state index in [-0.39, 0.29) is 0 Å².